The van der Waals surface area contributed by atoms with Crippen molar-refractivity contribution in [2.75, 3.05) is 0 Å². The lowest BCUT2D eigenvalue weighted by Crippen LogP contribution is -2.37. The van der Waals surface area contributed by atoms with Crippen molar-refractivity contribution in [3.8, 4) is 5.75 Å². The largest absolute Gasteiger partial charge is 0.486 e. The maximum atomic E-state index is 13.3. The normalized spacial score (nSPS) is 12.8. The number of ether oxygens (including phenoxy) is 1. The van der Waals surface area contributed by atoms with Crippen molar-refractivity contribution in [3.63, 3.8) is 0 Å². The Hall–Kier alpha value is -1.93. The molecule has 0 spiro atoms. The minimum absolute atomic E-state index is 0.147. The van der Waals surface area contributed by atoms with Crippen LogP contribution in [0.2, 0.25) is 5.02 Å². The van der Waals surface area contributed by atoms with E-state index in [1.165, 1.54) is 15.6 Å². The Morgan fingerprint density at radius 1 is 1.13 bits per heavy atom. The highest BCUT2D eigenvalue weighted by Gasteiger charge is 2.29. The zero-order valence-electron chi connectivity index (χ0n) is 17.2. The van der Waals surface area contributed by atoms with Gasteiger partial charge in [-0.25, -0.2) is 13.4 Å². The van der Waals surface area contributed by atoms with Crippen molar-refractivity contribution in [2.24, 2.45) is 0 Å². The summed E-state index contributed by atoms with van der Waals surface area (Å²) in [5, 5.41) is 3.33. The molecule has 0 saturated heterocycles. The molecule has 3 rings (SSSR count). The van der Waals surface area contributed by atoms with Crippen LogP contribution in [0.1, 0.15) is 36.5 Å². The molecule has 0 aliphatic heterocycles. The Balaban J connectivity index is 1.74. The predicted octanol–water partition coefficient (Wildman–Crippen LogP) is 5.67. The highest BCUT2D eigenvalue weighted by molar-refractivity contribution is 7.89. The van der Waals surface area contributed by atoms with Crippen molar-refractivity contribution >= 4 is 33.0 Å². The second-order valence-corrected chi connectivity index (χ2v) is 10.4. The molecule has 1 heterocycles. The van der Waals surface area contributed by atoms with Gasteiger partial charge in [-0.15, -0.1) is 11.3 Å². The van der Waals surface area contributed by atoms with Gasteiger partial charge < -0.3 is 4.74 Å². The first-order valence-corrected chi connectivity index (χ1v) is 12.4. The average molecular weight is 465 g/mol. The molecule has 0 fully saturated rings. The van der Waals surface area contributed by atoms with Crippen LogP contribution in [0.3, 0.4) is 0 Å². The molecule has 0 aliphatic rings. The topological polar surface area (TPSA) is 59.5 Å². The number of aromatic nitrogens is 1. The smallest absolute Gasteiger partial charge is 0.243 e. The molecule has 2 aromatic carbocycles. The third-order valence-corrected chi connectivity index (χ3v) is 7.90. The Bertz CT molecular complexity index is 1060. The fraction of sp³-hybridized carbons (Fsp3) is 0.318. The number of rotatable bonds is 9. The van der Waals surface area contributed by atoms with E-state index in [4.69, 9.17) is 16.3 Å². The van der Waals surface area contributed by atoms with Gasteiger partial charge in [0.15, 0.2) is 0 Å². The summed E-state index contributed by atoms with van der Waals surface area (Å²) in [5.74, 6) is 0.708. The molecule has 0 N–H and O–H groups in total. The van der Waals surface area contributed by atoms with Gasteiger partial charge >= 0.3 is 0 Å². The Labute approximate surface area is 187 Å². The van der Waals surface area contributed by atoms with Crippen LogP contribution >= 0.6 is 22.9 Å². The van der Waals surface area contributed by atoms with E-state index in [1.807, 2.05) is 38.3 Å². The summed E-state index contributed by atoms with van der Waals surface area (Å²) in [5.41, 5.74) is 1.74. The van der Waals surface area contributed by atoms with Crippen LogP contribution in [0.5, 0.6) is 5.75 Å². The van der Waals surface area contributed by atoms with Crippen molar-refractivity contribution in [2.45, 2.75) is 51.3 Å². The Morgan fingerprint density at radius 3 is 2.43 bits per heavy atom. The molecule has 1 atom stereocenters. The summed E-state index contributed by atoms with van der Waals surface area (Å²) in [7, 11) is -3.62. The lowest BCUT2D eigenvalue weighted by molar-refractivity contribution is 0.302. The number of sulfonamides is 1. The van der Waals surface area contributed by atoms with Crippen molar-refractivity contribution in [1.82, 2.24) is 9.29 Å². The molecule has 0 bridgehead atoms. The zero-order valence-corrected chi connectivity index (χ0v) is 19.6. The summed E-state index contributed by atoms with van der Waals surface area (Å²) >= 11 is 7.35. The lowest BCUT2D eigenvalue weighted by Gasteiger charge is -2.27. The van der Waals surface area contributed by atoms with Crippen LogP contribution in [0.25, 0.3) is 0 Å². The van der Waals surface area contributed by atoms with E-state index in [9.17, 15) is 8.42 Å². The van der Waals surface area contributed by atoms with Gasteiger partial charge in [0.25, 0.3) is 0 Å². The number of nitrogens with zero attached hydrogens (tertiary/aromatic N) is 2. The highest BCUT2D eigenvalue weighted by atomic mass is 35.5. The summed E-state index contributed by atoms with van der Waals surface area (Å²) < 4.78 is 33.8. The Kier molecular flexibility index (Phi) is 7.52. The van der Waals surface area contributed by atoms with Crippen LogP contribution in [-0.4, -0.2) is 23.7 Å². The standard InChI is InChI=1S/C22H25ClN2O3S2/c1-4-17(3)25(30(26,27)21-11-5-16(2)6-12-21)13-19-15-29-22(24-19)14-28-20-9-7-18(23)8-10-20/h5-12,15,17H,4,13-14H2,1-3H3. The average Bonchev–Trinajstić information content (AvgIpc) is 3.19. The molecule has 0 radical (unpaired) electrons. The predicted molar refractivity (Wildman–Crippen MR) is 122 cm³/mol. The van der Waals surface area contributed by atoms with E-state index in [-0.39, 0.29) is 12.6 Å². The molecule has 8 heteroatoms. The third-order valence-electron chi connectivity index (χ3n) is 4.80. The van der Waals surface area contributed by atoms with Gasteiger partial charge in [-0.1, -0.05) is 36.2 Å². The lowest BCUT2D eigenvalue weighted by atomic mass is 10.2. The maximum Gasteiger partial charge on any atom is 0.243 e. The molecule has 30 heavy (non-hydrogen) atoms. The summed E-state index contributed by atoms with van der Waals surface area (Å²) in [6.45, 7) is 6.38. The molecule has 1 aromatic heterocycles. The first kappa shape index (κ1) is 22.7. The van der Waals surface area contributed by atoms with E-state index >= 15 is 0 Å². The van der Waals surface area contributed by atoms with Crippen LogP contribution in [-0.2, 0) is 23.2 Å². The van der Waals surface area contributed by atoms with Crippen molar-refractivity contribution in [3.05, 3.63) is 75.2 Å². The quantitative estimate of drug-likeness (QED) is 0.409. The number of aryl methyl sites for hydroxylation is 1. The van der Waals surface area contributed by atoms with Gasteiger partial charge in [-0.3, -0.25) is 0 Å². The third kappa shape index (κ3) is 5.60. The van der Waals surface area contributed by atoms with Gasteiger partial charge in [-0.05, 0) is 56.7 Å². The van der Waals surface area contributed by atoms with Gasteiger partial charge in [-0.2, -0.15) is 4.31 Å². The van der Waals surface area contributed by atoms with E-state index in [1.54, 1.807) is 36.4 Å². The maximum absolute atomic E-state index is 13.3. The van der Waals surface area contributed by atoms with Crippen LogP contribution < -0.4 is 4.74 Å². The fourth-order valence-corrected chi connectivity index (χ4v) is 5.35. The number of hydrogen-bond acceptors (Lipinski definition) is 5. The van der Waals surface area contributed by atoms with E-state index < -0.39 is 10.0 Å². The number of hydrogen-bond donors (Lipinski definition) is 0. The highest BCUT2D eigenvalue weighted by Crippen LogP contribution is 2.24. The fourth-order valence-electron chi connectivity index (χ4n) is 2.85. The number of halogens is 1. The number of thiazole rings is 1. The minimum Gasteiger partial charge on any atom is -0.486 e. The molecule has 1 unspecified atom stereocenters. The minimum atomic E-state index is -3.62. The van der Waals surface area contributed by atoms with Gasteiger partial charge in [0.05, 0.1) is 17.1 Å². The first-order chi connectivity index (χ1) is 14.3. The molecule has 5 nitrogen and oxygen atoms in total. The van der Waals surface area contributed by atoms with Gasteiger partial charge in [0.1, 0.15) is 17.4 Å². The summed E-state index contributed by atoms with van der Waals surface area (Å²) in [4.78, 5) is 4.88. The van der Waals surface area contributed by atoms with Crippen LogP contribution in [0, 0.1) is 6.92 Å². The molecule has 3 aromatic rings. The Morgan fingerprint density at radius 2 is 1.80 bits per heavy atom. The van der Waals surface area contributed by atoms with Crippen molar-refractivity contribution in [1.29, 1.82) is 0 Å². The van der Waals surface area contributed by atoms with Crippen LogP contribution in [0.15, 0.2) is 58.8 Å². The molecule has 0 aliphatic carbocycles. The molecule has 0 saturated carbocycles. The van der Waals surface area contributed by atoms with Gasteiger partial charge in [0.2, 0.25) is 10.0 Å². The zero-order chi connectivity index (χ0) is 21.7. The number of benzene rings is 2. The SMILES string of the molecule is CCC(C)N(Cc1csc(COc2ccc(Cl)cc2)n1)S(=O)(=O)c1ccc(C)cc1. The van der Waals surface area contributed by atoms with Crippen molar-refractivity contribution < 1.29 is 13.2 Å². The van der Waals surface area contributed by atoms with E-state index in [2.05, 4.69) is 4.98 Å². The second kappa shape index (κ2) is 9.92. The van der Waals surface area contributed by atoms with Crippen LogP contribution in [0.4, 0.5) is 0 Å². The molecule has 0 amide bonds. The van der Waals surface area contributed by atoms with Gasteiger partial charge in [0, 0.05) is 16.4 Å². The van der Waals surface area contributed by atoms with E-state index in [0.717, 1.165) is 10.6 Å². The molecular weight excluding hydrogens is 440 g/mol. The monoisotopic (exact) mass is 464 g/mol. The molecule has 160 valence electrons. The van der Waals surface area contributed by atoms with E-state index in [0.29, 0.717) is 34.4 Å². The second-order valence-electron chi connectivity index (χ2n) is 7.10. The molecular formula is C22H25ClN2O3S2. The summed E-state index contributed by atoms with van der Waals surface area (Å²) in [6, 6.07) is 13.9. The first-order valence-electron chi connectivity index (χ1n) is 9.69. The summed E-state index contributed by atoms with van der Waals surface area (Å²) in [6.07, 6.45) is 0.710.